The first-order valence-corrected chi connectivity index (χ1v) is 13.6. The standard InChI is InChI=1S/C27H44O4S/c1-3-5-6-7-8-9-10-11-12-13-14-15-16-17-18-19-22-31-27-21-20-25(32-27)24(28)23-26(29)30-4-2/h11-12,20-21H,3-10,13-19,22-23H2,1-2H3/b12-11-. The molecule has 1 heterocycles. The number of allylic oxidation sites excluding steroid dienone is 2. The largest absolute Gasteiger partial charge is 0.484 e. The van der Waals surface area contributed by atoms with Crippen molar-refractivity contribution >= 4 is 23.1 Å². The van der Waals surface area contributed by atoms with Crippen molar-refractivity contribution in [1.82, 2.24) is 0 Å². The van der Waals surface area contributed by atoms with Gasteiger partial charge in [0.1, 0.15) is 6.42 Å². The first kappa shape index (κ1) is 28.4. The molecular weight excluding hydrogens is 420 g/mol. The van der Waals surface area contributed by atoms with Crippen molar-refractivity contribution in [3.63, 3.8) is 0 Å². The fourth-order valence-corrected chi connectivity index (χ4v) is 4.32. The zero-order valence-electron chi connectivity index (χ0n) is 20.4. The van der Waals surface area contributed by atoms with Crippen LogP contribution < -0.4 is 4.74 Å². The van der Waals surface area contributed by atoms with E-state index < -0.39 is 5.97 Å². The molecule has 0 amide bonds. The minimum Gasteiger partial charge on any atom is -0.484 e. The van der Waals surface area contributed by atoms with Gasteiger partial charge in [0.05, 0.1) is 18.1 Å². The lowest BCUT2D eigenvalue weighted by atomic mass is 10.1. The Bertz CT molecular complexity index is 635. The number of carbonyl (C=O) groups excluding carboxylic acids is 2. The highest BCUT2D eigenvalue weighted by atomic mass is 32.1. The number of thiophene rings is 1. The Morgan fingerprint density at radius 1 is 0.812 bits per heavy atom. The van der Waals surface area contributed by atoms with E-state index in [2.05, 4.69) is 19.1 Å². The summed E-state index contributed by atoms with van der Waals surface area (Å²) in [6, 6.07) is 3.53. The lowest BCUT2D eigenvalue weighted by molar-refractivity contribution is -0.141. The zero-order valence-corrected chi connectivity index (χ0v) is 21.2. The molecule has 0 aromatic carbocycles. The topological polar surface area (TPSA) is 52.6 Å². The van der Waals surface area contributed by atoms with Gasteiger partial charge in [-0.15, -0.1) is 0 Å². The van der Waals surface area contributed by atoms with E-state index in [-0.39, 0.29) is 12.2 Å². The van der Waals surface area contributed by atoms with Gasteiger partial charge in [0.25, 0.3) is 0 Å². The molecular formula is C27H44O4S. The molecule has 5 heteroatoms. The van der Waals surface area contributed by atoms with Crippen LogP contribution in [-0.2, 0) is 9.53 Å². The Kier molecular flexibility index (Phi) is 17.8. The van der Waals surface area contributed by atoms with Crippen molar-refractivity contribution in [2.24, 2.45) is 0 Å². The van der Waals surface area contributed by atoms with Crippen LogP contribution in [0.5, 0.6) is 5.06 Å². The summed E-state index contributed by atoms with van der Waals surface area (Å²) in [5.74, 6) is -0.682. The van der Waals surface area contributed by atoms with E-state index in [0.29, 0.717) is 18.1 Å². The third-order valence-corrected chi connectivity index (χ3v) is 6.41. The molecule has 0 aliphatic heterocycles. The van der Waals surface area contributed by atoms with Crippen LogP contribution in [0.2, 0.25) is 0 Å². The molecule has 0 unspecified atom stereocenters. The highest BCUT2D eigenvalue weighted by Crippen LogP contribution is 2.26. The normalized spacial score (nSPS) is 11.2. The number of hydrogen-bond acceptors (Lipinski definition) is 5. The van der Waals surface area contributed by atoms with Crippen molar-refractivity contribution in [2.75, 3.05) is 13.2 Å². The van der Waals surface area contributed by atoms with E-state index in [4.69, 9.17) is 9.47 Å². The number of ketones is 1. The molecule has 0 aliphatic rings. The van der Waals surface area contributed by atoms with Crippen LogP contribution in [0.15, 0.2) is 24.3 Å². The van der Waals surface area contributed by atoms with Gasteiger partial charge in [-0.05, 0) is 51.2 Å². The summed E-state index contributed by atoms with van der Waals surface area (Å²) in [4.78, 5) is 24.0. The molecule has 182 valence electrons. The van der Waals surface area contributed by atoms with Crippen LogP contribution in [0.4, 0.5) is 0 Å². The maximum atomic E-state index is 12.0. The Balaban J connectivity index is 1.93. The second-order valence-corrected chi connectivity index (χ2v) is 9.36. The molecule has 0 saturated carbocycles. The zero-order chi connectivity index (χ0) is 23.3. The summed E-state index contributed by atoms with van der Waals surface area (Å²) in [5, 5.41) is 0.741. The van der Waals surface area contributed by atoms with Gasteiger partial charge in [-0.1, -0.05) is 88.2 Å². The predicted octanol–water partition coefficient (Wildman–Crippen LogP) is 8.30. The summed E-state index contributed by atoms with van der Waals surface area (Å²) < 4.78 is 10.6. The first-order chi connectivity index (χ1) is 15.7. The maximum Gasteiger partial charge on any atom is 0.313 e. The van der Waals surface area contributed by atoms with Crippen molar-refractivity contribution in [2.45, 2.75) is 110 Å². The number of carbonyl (C=O) groups is 2. The maximum absolute atomic E-state index is 12.0. The third-order valence-electron chi connectivity index (χ3n) is 5.37. The van der Waals surface area contributed by atoms with Gasteiger partial charge in [-0.3, -0.25) is 9.59 Å². The number of esters is 1. The smallest absolute Gasteiger partial charge is 0.313 e. The molecule has 32 heavy (non-hydrogen) atoms. The van der Waals surface area contributed by atoms with Gasteiger partial charge < -0.3 is 9.47 Å². The molecule has 0 aliphatic carbocycles. The Morgan fingerprint density at radius 3 is 2.03 bits per heavy atom. The average Bonchev–Trinajstić information content (AvgIpc) is 3.25. The average molecular weight is 465 g/mol. The fraction of sp³-hybridized carbons (Fsp3) is 0.704. The predicted molar refractivity (Wildman–Crippen MR) is 135 cm³/mol. The number of unbranched alkanes of at least 4 members (excludes halogenated alkanes) is 12. The lowest BCUT2D eigenvalue weighted by Crippen LogP contribution is -2.10. The fourth-order valence-electron chi connectivity index (χ4n) is 3.50. The van der Waals surface area contributed by atoms with Gasteiger partial charge in [-0.25, -0.2) is 0 Å². The molecule has 1 rings (SSSR count). The van der Waals surface area contributed by atoms with Crippen molar-refractivity contribution < 1.29 is 19.1 Å². The monoisotopic (exact) mass is 464 g/mol. The van der Waals surface area contributed by atoms with E-state index in [0.717, 1.165) is 11.5 Å². The summed E-state index contributed by atoms with van der Waals surface area (Å²) in [7, 11) is 0. The second-order valence-electron chi connectivity index (χ2n) is 8.31. The SMILES string of the molecule is CCCCCCCC/C=C\CCCCCCCCOc1ccc(C(=O)CC(=O)OCC)s1. The van der Waals surface area contributed by atoms with Crippen LogP contribution in [0.1, 0.15) is 120 Å². The van der Waals surface area contributed by atoms with Gasteiger partial charge in [0, 0.05) is 0 Å². The lowest BCUT2D eigenvalue weighted by Gasteiger charge is -2.03. The highest BCUT2D eigenvalue weighted by molar-refractivity contribution is 7.15. The first-order valence-electron chi connectivity index (χ1n) is 12.7. The molecule has 0 fully saturated rings. The molecule has 1 aromatic heterocycles. The van der Waals surface area contributed by atoms with Crippen LogP contribution >= 0.6 is 11.3 Å². The van der Waals surface area contributed by atoms with Gasteiger partial charge in [0.2, 0.25) is 0 Å². The van der Waals surface area contributed by atoms with Crippen LogP contribution in [-0.4, -0.2) is 25.0 Å². The Morgan fingerprint density at radius 2 is 1.41 bits per heavy atom. The van der Waals surface area contributed by atoms with Crippen molar-refractivity contribution in [3.05, 3.63) is 29.2 Å². The minimum absolute atomic E-state index is 0.206. The van der Waals surface area contributed by atoms with E-state index in [9.17, 15) is 9.59 Å². The number of ether oxygens (including phenoxy) is 2. The van der Waals surface area contributed by atoms with Crippen molar-refractivity contribution in [3.8, 4) is 5.06 Å². The van der Waals surface area contributed by atoms with Crippen molar-refractivity contribution in [1.29, 1.82) is 0 Å². The van der Waals surface area contributed by atoms with E-state index >= 15 is 0 Å². The molecule has 0 atom stereocenters. The summed E-state index contributed by atoms with van der Waals surface area (Å²) in [6.07, 6.45) is 22.6. The summed E-state index contributed by atoms with van der Waals surface area (Å²) in [5.41, 5.74) is 0. The molecule has 4 nitrogen and oxygen atoms in total. The summed E-state index contributed by atoms with van der Waals surface area (Å²) in [6.45, 7) is 4.96. The van der Waals surface area contributed by atoms with E-state index in [1.165, 1.54) is 94.8 Å². The third kappa shape index (κ3) is 15.2. The van der Waals surface area contributed by atoms with Gasteiger partial charge >= 0.3 is 5.97 Å². The van der Waals surface area contributed by atoms with E-state index in [1.54, 1.807) is 13.0 Å². The summed E-state index contributed by atoms with van der Waals surface area (Å²) >= 11 is 1.30. The molecule has 0 bridgehead atoms. The Labute approximate surface area is 199 Å². The minimum atomic E-state index is -0.474. The van der Waals surface area contributed by atoms with Gasteiger partial charge in [0.15, 0.2) is 10.8 Å². The van der Waals surface area contributed by atoms with E-state index in [1.807, 2.05) is 6.07 Å². The van der Waals surface area contributed by atoms with Crippen LogP contribution in [0.25, 0.3) is 0 Å². The number of Topliss-reactive ketones (excluding diaryl/α,β-unsaturated/α-hetero) is 1. The molecule has 1 aromatic rings. The quantitative estimate of drug-likeness (QED) is 0.0603. The molecule has 0 spiro atoms. The molecule has 0 N–H and O–H groups in total. The molecule has 0 radical (unpaired) electrons. The highest BCUT2D eigenvalue weighted by Gasteiger charge is 2.15. The van der Waals surface area contributed by atoms with Gasteiger partial charge in [-0.2, -0.15) is 0 Å². The Hall–Kier alpha value is -1.62. The second kappa shape index (κ2) is 20.0. The number of rotatable bonds is 21. The van der Waals surface area contributed by atoms with Crippen LogP contribution in [0, 0.1) is 0 Å². The molecule has 0 saturated heterocycles. The van der Waals surface area contributed by atoms with Crippen LogP contribution in [0.3, 0.4) is 0 Å². The number of hydrogen-bond donors (Lipinski definition) is 0.